The first-order valence-electron chi connectivity index (χ1n) is 7.02. The van der Waals surface area contributed by atoms with Gasteiger partial charge in [0, 0.05) is 44.0 Å². The topological polar surface area (TPSA) is 90.1 Å². The minimum absolute atomic E-state index is 0.0541. The molecule has 0 aliphatic carbocycles. The smallest absolute Gasteiger partial charge is 0.279 e. The summed E-state index contributed by atoms with van der Waals surface area (Å²) in [5, 5.41) is 3.07. The molecule has 1 aliphatic rings. The highest BCUT2D eigenvalue weighted by Crippen LogP contribution is 2.19. The second-order valence-corrected chi connectivity index (χ2v) is 6.75. The normalized spacial score (nSPS) is 21.1. The number of aromatic amines is 1. The lowest BCUT2D eigenvalue weighted by Gasteiger charge is -2.34. The molecule has 1 atom stereocenters. The molecule has 0 amide bonds. The zero-order chi connectivity index (χ0) is 14.4. The number of nitrogens with one attached hydrogen (secondary N) is 3. The number of imidazole rings is 1. The van der Waals surface area contributed by atoms with Gasteiger partial charge >= 0.3 is 0 Å². The van der Waals surface area contributed by atoms with Gasteiger partial charge in [-0.15, -0.1) is 0 Å². The maximum Gasteiger partial charge on any atom is 0.279 e. The Labute approximate surface area is 120 Å². The van der Waals surface area contributed by atoms with E-state index in [-0.39, 0.29) is 6.04 Å². The number of nitrogens with zero attached hydrogens (tertiary/aromatic N) is 2. The van der Waals surface area contributed by atoms with Gasteiger partial charge < -0.3 is 10.3 Å². The van der Waals surface area contributed by atoms with Crippen LogP contribution in [0.15, 0.2) is 12.5 Å². The third-order valence-electron chi connectivity index (χ3n) is 3.56. The van der Waals surface area contributed by atoms with E-state index >= 15 is 0 Å². The number of piperidine rings is 1. The Bertz CT molecular complexity index is 486. The van der Waals surface area contributed by atoms with E-state index in [1.54, 1.807) is 16.8 Å². The molecule has 1 aromatic rings. The fraction of sp³-hybridized carbons (Fsp3) is 0.750. The summed E-state index contributed by atoms with van der Waals surface area (Å²) in [6, 6.07) is 0.0541. The molecular formula is C12H23N5O2S. The van der Waals surface area contributed by atoms with Crippen LogP contribution in [0.25, 0.3) is 0 Å². The van der Waals surface area contributed by atoms with Gasteiger partial charge in [-0.25, -0.2) is 9.71 Å². The van der Waals surface area contributed by atoms with Crippen LogP contribution in [0.4, 0.5) is 0 Å². The minimum atomic E-state index is -3.40. The van der Waals surface area contributed by atoms with Crippen LogP contribution in [0.2, 0.25) is 0 Å². The highest BCUT2D eigenvalue weighted by atomic mass is 32.2. The number of hydrogen-bond acceptors (Lipinski definition) is 4. The Kier molecular flexibility index (Phi) is 5.53. The molecule has 1 aromatic heterocycles. The van der Waals surface area contributed by atoms with E-state index in [0.29, 0.717) is 26.1 Å². The van der Waals surface area contributed by atoms with E-state index in [4.69, 9.17) is 0 Å². The quantitative estimate of drug-likeness (QED) is 0.654. The lowest BCUT2D eigenvalue weighted by Crippen LogP contribution is -2.52. The third-order valence-corrected chi connectivity index (χ3v) is 5.22. The maximum atomic E-state index is 12.4. The first kappa shape index (κ1) is 15.4. The number of aromatic nitrogens is 2. The monoisotopic (exact) mass is 301 g/mol. The average Bonchev–Trinajstić information content (AvgIpc) is 2.92. The van der Waals surface area contributed by atoms with Gasteiger partial charge in [-0.05, 0) is 19.9 Å². The lowest BCUT2D eigenvalue weighted by atomic mass is 10.1. The fourth-order valence-electron chi connectivity index (χ4n) is 2.55. The SMILES string of the molecule is CNCC1CCCCN1S(=O)(=O)NCCc1cnc[nH]1. The van der Waals surface area contributed by atoms with Gasteiger partial charge in [0.05, 0.1) is 6.33 Å². The Morgan fingerprint density at radius 2 is 2.35 bits per heavy atom. The first-order chi connectivity index (χ1) is 9.63. The van der Waals surface area contributed by atoms with Crippen LogP contribution >= 0.6 is 0 Å². The van der Waals surface area contributed by atoms with Crippen LogP contribution in [0.5, 0.6) is 0 Å². The van der Waals surface area contributed by atoms with Crippen LogP contribution < -0.4 is 10.0 Å². The number of likely N-dealkylation sites (N-methyl/N-ethyl adjacent to an activating group) is 1. The summed E-state index contributed by atoms with van der Waals surface area (Å²) in [6.45, 7) is 1.68. The van der Waals surface area contributed by atoms with Crippen molar-refractivity contribution in [1.29, 1.82) is 0 Å². The summed E-state index contributed by atoms with van der Waals surface area (Å²) >= 11 is 0. The van der Waals surface area contributed by atoms with Crippen LogP contribution in [0.3, 0.4) is 0 Å². The molecule has 1 fully saturated rings. The van der Waals surface area contributed by atoms with Gasteiger partial charge in [0.15, 0.2) is 0 Å². The highest BCUT2D eigenvalue weighted by molar-refractivity contribution is 7.87. The standard InChI is InChI=1S/C12H23N5O2S/c1-13-9-12-4-2-3-7-17(12)20(18,19)16-6-5-11-8-14-10-15-11/h8,10,12-13,16H,2-7,9H2,1H3,(H,14,15). The Balaban J connectivity index is 1.90. The Morgan fingerprint density at radius 3 is 3.05 bits per heavy atom. The Hall–Kier alpha value is -0.960. The molecule has 8 heteroatoms. The lowest BCUT2D eigenvalue weighted by molar-refractivity contribution is 0.246. The molecule has 7 nitrogen and oxygen atoms in total. The third kappa shape index (κ3) is 4.02. The van der Waals surface area contributed by atoms with Crippen molar-refractivity contribution in [3.63, 3.8) is 0 Å². The predicted octanol–water partition coefficient (Wildman–Crippen LogP) is -0.139. The average molecular weight is 301 g/mol. The second kappa shape index (κ2) is 7.16. The molecule has 0 spiro atoms. The molecule has 1 saturated heterocycles. The van der Waals surface area contributed by atoms with Gasteiger partial charge in [0.1, 0.15) is 0 Å². The molecule has 0 radical (unpaired) electrons. The molecule has 0 aromatic carbocycles. The van der Waals surface area contributed by atoms with E-state index in [1.165, 1.54) is 0 Å². The van der Waals surface area contributed by atoms with Crippen LogP contribution in [-0.4, -0.2) is 55.4 Å². The summed E-state index contributed by atoms with van der Waals surface area (Å²) < 4.78 is 29.0. The number of rotatable bonds is 7. The highest BCUT2D eigenvalue weighted by Gasteiger charge is 2.31. The zero-order valence-electron chi connectivity index (χ0n) is 11.8. The molecule has 0 saturated carbocycles. The van der Waals surface area contributed by atoms with E-state index in [9.17, 15) is 8.42 Å². The number of hydrogen-bond donors (Lipinski definition) is 3. The van der Waals surface area contributed by atoms with Crippen LogP contribution in [-0.2, 0) is 16.6 Å². The molecule has 1 unspecified atom stereocenters. The molecule has 114 valence electrons. The van der Waals surface area contributed by atoms with Gasteiger partial charge in [-0.1, -0.05) is 6.42 Å². The molecular weight excluding hydrogens is 278 g/mol. The molecule has 3 N–H and O–H groups in total. The molecule has 20 heavy (non-hydrogen) atoms. The van der Waals surface area contributed by atoms with Gasteiger partial charge in [0.2, 0.25) is 0 Å². The fourth-order valence-corrected chi connectivity index (χ4v) is 4.02. The van der Waals surface area contributed by atoms with Gasteiger partial charge in [0.25, 0.3) is 10.2 Å². The maximum absolute atomic E-state index is 12.4. The van der Waals surface area contributed by atoms with E-state index in [0.717, 1.165) is 25.0 Å². The summed E-state index contributed by atoms with van der Waals surface area (Å²) in [5.74, 6) is 0. The van der Waals surface area contributed by atoms with E-state index in [2.05, 4.69) is 20.0 Å². The van der Waals surface area contributed by atoms with E-state index in [1.807, 2.05) is 7.05 Å². The summed E-state index contributed by atoms with van der Waals surface area (Å²) in [6.07, 6.45) is 6.86. The Morgan fingerprint density at radius 1 is 1.50 bits per heavy atom. The number of H-pyrrole nitrogens is 1. The summed E-state index contributed by atoms with van der Waals surface area (Å²) in [5.41, 5.74) is 0.929. The largest absolute Gasteiger partial charge is 0.348 e. The molecule has 1 aliphatic heterocycles. The van der Waals surface area contributed by atoms with Crippen LogP contribution in [0.1, 0.15) is 25.0 Å². The zero-order valence-corrected chi connectivity index (χ0v) is 12.6. The van der Waals surface area contributed by atoms with Crippen molar-refractivity contribution in [1.82, 2.24) is 24.3 Å². The first-order valence-corrected chi connectivity index (χ1v) is 8.46. The van der Waals surface area contributed by atoms with Gasteiger partial charge in [-0.2, -0.15) is 12.7 Å². The summed E-state index contributed by atoms with van der Waals surface area (Å²) in [7, 11) is -1.55. The summed E-state index contributed by atoms with van der Waals surface area (Å²) in [4.78, 5) is 6.87. The molecule has 0 bridgehead atoms. The second-order valence-electron chi connectivity index (χ2n) is 5.04. The van der Waals surface area contributed by atoms with E-state index < -0.39 is 10.2 Å². The molecule has 2 heterocycles. The van der Waals surface area contributed by atoms with Gasteiger partial charge in [-0.3, -0.25) is 0 Å². The van der Waals surface area contributed by atoms with Crippen molar-refractivity contribution in [3.8, 4) is 0 Å². The van der Waals surface area contributed by atoms with Crippen molar-refractivity contribution in [2.75, 3.05) is 26.7 Å². The van der Waals surface area contributed by atoms with Crippen molar-refractivity contribution in [2.45, 2.75) is 31.7 Å². The van der Waals surface area contributed by atoms with Crippen molar-refractivity contribution < 1.29 is 8.42 Å². The predicted molar refractivity (Wildman–Crippen MR) is 77.5 cm³/mol. The minimum Gasteiger partial charge on any atom is -0.348 e. The van der Waals surface area contributed by atoms with Crippen LogP contribution in [0, 0.1) is 0 Å². The van der Waals surface area contributed by atoms with Crippen molar-refractivity contribution in [3.05, 3.63) is 18.2 Å². The molecule has 2 rings (SSSR count). The van der Waals surface area contributed by atoms with Crippen molar-refractivity contribution >= 4 is 10.2 Å². The van der Waals surface area contributed by atoms with Crippen molar-refractivity contribution in [2.24, 2.45) is 0 Å².